The lowest BCUT2D eigenvalue weighted by molar-refractivity contribution is -0.113. The molecule has 0 aliphatic rings. The topological polar surface area (TPSA) is 111 Å². The number of hydrogen-bond donors (Lipinski definition) is 1. The van der Waals surface area contributed by atoms with Crippen molar-refractivity contribution in [3.05, 3.63) is 126 Å². The van der Waals surface area contributed by atoms with Crippen LogP contribution in [0.25, 0.3) is 22.4 Å². The second-order valence-corrected chi connectivity index (χ2v) is 11.0. The van der Waals surface area contributed by atoms with Crippen LogP contribution in [0.5, 0.6) is 11.5 Å². The Balaban J connectivity index is 1.44. The van der Waals surface area contributed by atoms with E-state index in [1.807, 2.05) is 91.9 Å². The molecular weight excluding hydrogens is 598 g/mol. The van der Waals surface area contributed by atoms with Crippen molar-refractivity contribution in [3.8, 4) is 40.0 Å². The molecule has 46 heavy (non-hydrogen) atoms. The Hall–Kier alpha value is -5.59. The maximum Gasteiger partial charge on any atom is 0.337 e. The Morgan fingerprint density at radius 3 is 2.24 bits per heavy atom. The highest BCUT2D eigenvalue weighted by Crippen LogP contribution is 2.38. The predicted octanol–water partition coefficient (Wildman–Crippen LogP) is 7.78. The molecule has 0 saturated heterocycles. The quantitative estimate of drug-likeness (QED) is 0.110. The smallest absolute Gasteiger partial charge is 0.337 e. The van der Waals surface area contributed by atoms with Gasteiger partial charge >= 0.3 is 5.97 Å². The lowest BCUT2D eigenvalue weighted by Gasteiger charge is -2.16. The van der Waals surface area contributed by atoms with Gasteiger partial charge in [0.1, 0.15) is 17.7 Å². The number of nitriles is 1. The van der Waals surface area contributed by atoms with E-state index in [4.69, 9.17) is 19.2 Å². The highest BCUT2D eigenvalue weighted by molar-refractivity contribution is 8.00. The average Bonchev–Trinajstić information content (AvgIpc) is 3.10. The number of hydrogen-bond acceptors (Lipinski definition) is 8. The molecule has 8 nitrogen and oxygen atoms in total. The number of aromatic nitrogens is 1. The first-order chi connectivity index (χ1) is 22.5. The monoisotopic (exact) mass is 629 g/mol. The van der Waals surface area contributed by atoms with E-state index in [0.717, 1.165) is 16.7 Å². The molecule has 0 radical (unpaired) electrons. The van der Waals surface area contributed by atoms with Crippen LogP contribution in [-0.4, -0.2) is 36.3 Å². The van der Waals surface area contributed by atoms with Gasteiger partial charge in [-0.1, -0.05) is 78.5 Å². The zero-order valence-corrected chi connectivity index (χ0v) is 26.2. The van der Waals surface area contributed by atoms with Crippen LogP contribution in [-0.2, 0) is 16.1 Å². The van der Waals surface area contributed by atoms with Crippen molar-refractivity contribution in [2.75, 3.05) is 24.8 Å². The molecule has 5 rings (SSSR count). The van der Waals surface area contributed by atoms with Gasteiger partial charge < -0.3 is 19.5 Å². The summed E-state index contributed by atoms with van der Waals surface area (Å²) in [6.07, 6.45) is 0. The van der Waals surface area contributed by atoms with E-state index in [1.54, 1.807) is 24.3 Å². The number of carbonyl (C=O) groups is 2. The summed E-state index contributed by atoms with van der Waals surface area (Å²) >= 11 is 1.18. The van der Waals surface area contributed by atoms with Crippen LogP contribution in [0.2, 0.25) is 0 Å². The van der Waals surface area contributed by atoms with E-state index in [2.05, 4.69) is 11.4 Å². The molecule has 4 aromatic carbocycles. The van der Waals surface area contributed by atoms with E-state index >= 15 is 0 Å². The van der Waals surface area contributed by atoms with Crippen LogP contribution < -0.4 is 14.8 Å². The van der Waals surface area contributed by atoms with Crippen LogP contribution in [0.15, 0.2) is 114 Å². The van der Waals surface area contributed by atoms with E-state index in [9.17, 15) is 14.9 Å². The fourth-order valence-electron chi connectivity index (χ4n) is 4.66. The Bertz CT molecular complexity index is 1860. The third-order valence-corrected chi connectivity index (χ3v) is 7.86. The summed E-state index contributed by atoms with van der Waals surface area (Å²) < 4.78 is 16.8. The summed E-state index contributed by atoms with van der Waals surface area (Å²) in [5.74, 6) is 0.419. The van der Waals surface area contributed by atoms with E-state index in [1.165, 1.54) is 18.9 Å². The van der Waals surface area contributed by atoms with Gasteiger partial charge in [-0.25, -0.2) is 9.78 Å². The highest BCUT2D eigenvalue weighted by atomic mass is 32.2. The molecule has 1 N–H and O–H groups in total. The molecule has 1 aromatic heterocycles. The first-order valence-corrected chi connectivity index (χ1v) is 15.5. The van der Waals surface area contributed by atoms with Gasteiger partial charge in [0.05, 0.1) is 36.3 Å². The minimum absolute atomic E-state index is 0.00851. The predicted molar refractivity (Wildman–Crippen MR) is 179 cm³/mol. The molecule has 230 valence electrons. The van der Waals surface area contributed by atoms with Gasteiger partial charge in [0.15, 0.2) is 11.5 Å². The Kier molecular flexibility index (Phi) is 10.7. The lowest BCUT2D eigenvalue weighted by atomic mass is 9.99. The van der Waals surface area contributed by atoms with E-state index < -0.39 is 5.97 Å². The molecule has 0 atom stereocenters. The minimum Gasteiger partial charge on any atom is -0.490 e. The molecule has 0 aliphatic carbocycles. The first-order valence-electron chi connectivity index (χ1n) is 14.5. The largest absolute Gasteiger partial charge is 0.490 e. The summed E-state index contributed by atoms with van der Waals surface area (Å²) in [5.41, 5.74) is 5.25. The molecule has 0 spiro atoms. The molecular formula is C37H31N3O5S. The van der Waals surface area contributed by atoms with Crippen molar-refractivity contribution in [2.45, 2.75) is 18.6 Å². The summed E-state index contributed by atoms with van der Waals surface area (Å²) in [5, 5.41) is 13.6. The van der Waals surface area contributed by atoms with E-state index in [0.29, 0.717) is 57.8 Å². The van der Waals surface area contributed by atoms with Gasteiger partial charge in [0, 0.05) is 16.8 Å². The number of nitrogens with one attached hydrogen (secondary N) is 1. The minimum atomic E-state index is -0.458. The van der Waals surface area contributed by atoms with Crippen LogP contribution in [0, 0.1) is 11.3 Å². The van der Waals surface area contributed by atoms with Crippen LogP contribution in [0.3, 0.4) is 0 Å². The third-order valence-electron chi connectivity index (χ3n) is 6.89. The third kappa shape index (κ3) is 7.92. The van der Waals surface area contributed by atoms with Gasteiger partial charge in [-0.05, 0) is 60.5 Å². The Morgan fingerprint density at radius 2 is 1.57 bits per heavy atom. The van der Waals surface area contributed by atoms with Gasteiger partial charge in [-0.3, -0.25) is 4.79 Å². The zero-order valence-electron chi connectivity index (χ0n) is 25.4. The number of esters is 1. The van der Waals surface area contributed by atoms with Crippen molar-refractivity contribution in [1.29, 1.82) is 5.26 Å². The maximum absolute atomic E-state index is 12.9. The highest BCUT2D eigenvalue weighted by Gasteiger charge is 2.19. The molecule has 0 aliphatic heterocycles. The SMILES string of the molecule is CCOc1cc(-c2cc(-c3ccccc3)nc(SCC(=O)Nc3ccc(C(=O)OC)cc3)c2C#N)ccc1OCc1ccccc1. The number of amides is 1. The molecule has 1 amide bonds. The fourth-order valence-corrected chi connectivity index (χ4v) is 5.46. The molecule has 0 unspecified atom stereocenters. The number of rotatable bonds is 12. The van der Waals surface area contributed by atoms with Gasteiger partial charge in [-0.2, -0.15) is 5.26 Å². The van der Waals surface area contributed by atoms with Crippen LogP contribution in [0.1, 0.15) is 28.4 Å². The molecule has 0 bridgehead atoms. The van der Waals surface area contributed by atoms with Crippen LogP contribution in [0.4, 0.5) is 5.69 Å². The van der Waals surface area contributed by atoms with E-state index in [-0.39, 0.29) is 11.7 Å². The summed E-state index contributed by atoms with van der Waals surface area (Å²) in [6, 6.07) is 35.8. The van der Waals surface area contributed by atoms with Gasteiger partial charge in [-0.15, -0.1) is 0 Å². The second-order valence-electron chi connectivity index (χ2n) is 9.99. The standard InChI is InChI=1S/C37H31N3O5S/c1-3-44-34-20-28(16-19-33(34)45-23-25-10-6-4-7-11-25)30-21-32(26-12-8-5-9-13-26)40-36(31(30)22-38)46-24-35(41)39-29-17-14-27(15-18-29)37(42)43-2/h4-21H,3,23-24H2,1-2H3,(H,39,41). The number of anilines is 1. The number of carbonyl (C=O) groups excluding carboxylic acids is 2. The molecule has 5 aromatic rings. The summed E-state index contributed by atoms with van der Waals surface area (Å²) in [6.45, 7) is 2.72. The second kappa shape index (κ2) is 15.4. The fraction of sp³-hybridized carbons (Fsp3) is 0.135. The number of nitrogens with zero attached hydrogens (tertiary/aromatic N) is 2. The Morgan fingerprint density at radius 1 is 0.848 bits per heavy atom. The first kappa shape index (κ1) is 31.8. The van der Waals surface area contributed by atoms with Crippen molar-refractivity contribution in [3.63, 3.8) is 0 Å². The number of pyridine rings is 1. The number of thioether (sulfide) groups is 1. The van der Waals surface area contributed by atoms with Crippen molar-refractivity contribution in [2.24, 2.45) is 0 Å². The molecule has 9 heteroatoms. The molecule has 0 fully saturated rings. The average molecular weight is 630 g/mol. The van der Waals surface area contributed by atoms with Crippen LogP contribution >= 0.6 is 11.8 Å². The zero-order chi connectivity index (χ0) is 32.3. The van der Waals surface area contributed by atoms with Gasteiger partial charge in [0.2, 0.25) is 5.91 Å². The normalized spacial score (nSPS) is 10.5. The van der Waals surface area contributed by atoms with Crippen molar-refractivity contribution < 1.29 is 23.8 Å². The summed E-state index contributed by atoms with van der Waals surface area (Å²) in [7, 11) is 1.31. The number of methoxy groups -OCH3 is 1. The van der Waals surface area contributed by atoms with Crippen molar-refractivity contribution in [1.82, 2.24) is 4.98 Å². The number of benzene rings is 4. The Labute approximate surface area is 272 Å². The van der Waals surface area contributed by atoms with Gasteiger partial charge in [0.25, 0.3) is 0 Å². The number of ether oxygens (including phenoxy) is 3. The molecule has 1 heterocycles. The lowest BCUT2D eigenvalue weighted by Crippen LogP contribution is -2.14. The summed E-state index contributed by atoms with van der Waals surface area (Å²) in [4.78, 5) is 29.5. The molecule has 0 saturated carbocycles. The van der Waals surface area contributed by atoms with Crippen molar-refractivity contribution >= 4 is 29.3 Å². The maximum atomic E-state index is 12.9.